The Morgan fingerprint density at radius 2 is 1.92 bits per heavy atom. The molecule has 26 heavy (non-hydrogen) atoms. The molecule has 0 spiro atoms. The molecular weight excluding hydrogens is 336 g/mol. The van der Waals surface area contributed by atoms with Gasteiger partial charge in [-0.15, -0.1) is 0 Å². The number of aromatic hydroxyl groups is 1. The predicted molar refractivity (Wildman–Crippen MR) is 94.4 cm³/mol. The first-order chi connectivity index (χ1) is 12.5. The van der Waals surface area contributed by atoms with E-state index < -0.39 is 30.4 Å². The standard InChI is InChI=1S/C19H20N2O5/c20-18(24)15-7-3-4-10-21(15)16(22)11-26-19(25)14-9-8-12-5-1-2-6-13(12)17(14)23/h1-2,5-6,8-9,15,23H,3-4,7,10-11H2,(H2,20,24). The zero-order valence-corrected chi connectivity index (χ0v) is 14.2. The first-order valence-electron chi connectivity index (χ1n) is 8.45. The molecule has 2 amide bonds. The number of nitrogens with two attached hydrogens (primary N) is 1. The zero-order chi connectivity index (χ0) is 18.7. The van der Waals surface area contributed by atoms with E-state index in [9.17, 15) is 19.5 Å². The summed E-state index contributed by atoms with van der Waals surface area (Å²) in [5.74, 6) is -2.01. The summed E-state index contributed by atoms with van der Waals surface area (Å²) in [6, 6.07) is 9.57. The van der Waals surface area contributed by atoms with Gasteiger partial charge < -0.3 is 20.5 Å². The molecule has 3 rings (SSSR count). The van der Waals surface area contributed by atoms with Gasteiger partial charge in [-0.1, -0.05) is 30.3 Å². The molecule has 1 unspecified atom stereocenters. The first kappa shape index (κ1) is 17.7. The Kier molecular flexibility index (Phi) is 5.06. The summed E-state index contributed by atoms with van der Waals surface area (Å²) in [5, 5.41) is 11.6. The molecule has 2 aromatic carbocycles. The van der Waals surface area contributed by atoms with E-state index in [2.05, 4.69) is 0 Å². The average Bonchev–Trinajstić information content (AvgIpc) is 2.66. The SMILES string of the molecule is NC(=O)C1CCCCN1C(=O)COC(=O)c1ccc2ccccc2c1O. The largest absolute Gasteiger partial charge is 0.506 e. The Labute approximate surface area is 150 Å². The van der Waals surface area contributed by atoms with Gasteiger partial charge in [-0.05, 0) is 30.7 Å². The van der Waals surface area contributed by atoms with Crippen molar-refractivity contribution >= 4 is 28.6 Å². The lowest BCUT2D eigenvalue weighted by molar-refractivity contribution is -0.143. The number of fused-ring (bicyclic) bond motifs is 1. The monoisotopic (exact) mass is 356 g/mol. The molecule has 1 fully saturated rings. The minimum Gasteiger partial charge on any atom is -0.506 e. The second kappa shape index (κ2) is 7.43. The lowest BCUT2D eigenvalue weighted by atomic mass is 10.0. The van der Waals surface area contributed by atoms with Crippen LogP contribution in [-0.2, 0) is 14.3 Å². The van der Waals surface area contributed by atoms with Gasteiger partial charge in [0.2, 0.25) is 5.91 Å². The molecule has 1 heterocycles. The molecule has 0 radical (unpaired) electrons. The number of esters is 1. The first-order valence-corrected chi connectivity index (χ1v) is 8.45. The molecule has 7 nitrogen and oxygen atoms in total. The molecule has 2 aromatic rings. The fourth-order valence-electron chi connectivity index (χ4n) is 3.23. The highest BCUT2D eigenvalue weighted by atomic mass is 16.5. The van der Waals surface area contributed by atoms with Crippen LogP contribution in [0.4, 0.5) is 0 Å². The van der Waals surface area contributed by atoms with E-state index >= 15 is 0 Å². The molecule has 0 aromatic heterocycles. The van der Waals surface area contributed by atoms with E-state index in [4.69, 9.17) is 10.5 Å². The number of benzene rings is 2. The molecule has 3 N–H and O–H groups in total. The average molecular weight is 356 g/mol. The summed E-state index contributed by atoms with van der Waals surface area (Å²) in [7, 11) is 0. The van der Waals surface area contributed by atoms with Gasteiger partial charge in [-0.2, -0.15) is 0 Å². The van der Waals surface area contributed by atoms with Crippen LogP contribution >= 0.6 is 0 Å². The Morgan fingerprint density at radius 3 is 2.69 bits per heavy atom. The van der Waals surface area contributed by atoms with E-state index in [1.54, 1.807) is 18.2 Å². The van der Waals surface area contributed by atoms with E-state index in [1.165, 1.54) is 11.0 Å². The van der Waals surface area contributed by atoms with Crippen LogP contribution in [0.25, 0.3) is 10.8 Å². The molecule has 1 saturated heterocycles. The van der Waals surface area contributed by atoms with Crippen LogP contribution in [0.5, 0.6) is 5.75 Å². The van der Waals surface area contributed by atoms with E-state index in [0.717, 1.165) is 18.2 Å². The van der Waals surface area contributed by atoms with Crippen molar-refractivity contribution in [2.24, 2.45) is 5.73 Å². The summed E-state index contributed by atoms with van der Waals surface area (Å²) in [5.41, 5.74) is 5.33. The predicted octanol–water partition coefficient (Wildman–Crippen LogP) is 1.57. The number of hydrogen-bond donors (Lipinski definition) is 2. The summed E-state index contributed by atoms with van der Waals surface area (Å²) in [6.07, 6.45) is 2.11. The van der Waals surface area contributed by atoms with E-state index in [1.807, 2.05) is 12.1 Å². The fraction of sp³-hybridized carbons (Fsp3) is 0.316. The molecule has 136 valence electrons. The Bertz CT molecular complexity index is 864. The van der Waals surface area contributed by atoms with Gasteiger partial charge in [0.1, 0.15) is 17.4 Å². The third-order valence-electron chi connectivity index (χ3n) is 4.60. The Morgan fingerprint density at radius 1 is 1.15 bits per heavy atom. The topological polar surface area (TPSA) is 110 Å². The maximum Gasteiger partial charge on any atom is 0.342 e. The molecule has 1 aliphatic heterocycles. The van der Waals surface area contributed by atoms with Crippen molar-refractivity contribution in [3.05, 3.63) is 42.0 Å². The van der Waals surface area contributed by atoms with Crippen molar-refractivity contribution in [3.8, 4) is 5.75 Å². The van der Waals surface area contributed by atoms with Gasteiger partial charge in [0.25, 0.3) is 5.91 Å². The second-order valence-corrected chi connectivity index (χ2v) is 6.26. The van der Waals surface area contributed by atoms with Crippen molar-refractivity contribution in [1.29, 1.82) is 0 Å². The maximum absolute atomic E-state index is 12.3. The quantitative estimate of drug-likeness (QED) is 0.808. The summed E-state index contributed by atoms with van der Waals surface area (Å²) < 4.78 is 5.06. The number of ether oxygens (including phenoxy) is 1. The molecule has 0 bridgehead atoms. The highest BCUT2D eigenvalue weighted by Gasteiger charge is 2.31. The van der Waals surface area contributed by atoms with Crippen LogP contribution in [0.15, 0.2) is 36.4 Å². The molecule has 7 heteroatoms. The summed E-state index contributed by atoms with van der Waals surface area (Å²) >= 11 is 0. The van der Waals surface area contributed by atoms with E-state index in [0.29, 0.717) is 18.4 Å². The zero-order valence-electron chi connectivity index (χ0n) is 14.2. The Balaban J connectivity index is 1.69. The third kappa shape index (κ3) is 3.46. The molecule has 1 atom stereocenters. The third-order valence-corrected chi connectivity index (χ3v) is 4.60. The van der Waals surface area contributed by atoms with Crippen LogP contribution in [0.1, 0.15) is 29.6 Å². The number of hydrogen-bond acceptors (Lipinski definition) is 5. The number of piperidine rings is 1. The fourth-order valence-corrected chi connectivity index (χ4v) is 3.23. The molecule has 1 aliphatic rings. The number of rotatable bonds is 4. The van der Waals surface area contributed by atoms with Crippen molar-refractivity contribution in [2.45, 2.75) is 25.3 Å². The molecule has 0 aliphatic carbocycles. The van der Waals surface area contributed by atoms with Gasteiger partial charge in [0, 0.05) is 11.9 Å². The van der Waals surface area contributed by atoms with Crippen molar-refractivity contribution in [3.63, 3.8) is 0 Å². The number of primary amides is 1. The van der Waals surface area contributed by atoms with Gasteiger partial charge >= 0.3 is 5.97 Å². The van der Waals surface area contributed by atoms with Gasteiger partial charge in [-0.3, -0.25) is 9.59 Å². The lowest BCUT2D eigenvalue weighted by Crippen LogP contribution is -2.51. The van der Waals surface area contributed by atoms with Crippen molar-refractivity contribution in [1.82, 2.24) is 4.90 Å². The van der Waals surface area contributed by atoms with Crippen LogP contribution in [0.2, 0.25) is 0 Å². The van der Waals surface area contributed by atoms with Gasteiger partial charge in [-0.25, -0.2) is 4.79 Å². The number of phenolic OH excluding ortho intramolecular Hbond substituents is 1. The van der Waals surface area contributed by atoms with Crippen LogP contribution in [-0.4, -0.2) is 47.0 Å². The van der Waals surface area contributed by atoms with Crippen molar-refractivity contribution in [2.75, 3.05) is 13.2 Å². The van der Waals surface area contributed by atoms with Crippen LogP contribution in [0.3, 0.4) is 0 Å². The summed E-state index contributed by atoms with van der Waals surface area (Å²) in [4.78, 5) is 37.4. The number of likely N-dealkylation sites (tertiary alicyclic amines) is 1. The van der Waals surface area contributed by atoms with Gasteiger partial charge in [0.15, 0.2) is 6.61 Å². The van der Waals surface area contributed by atoms with Crippen LogP contribution < -0.4 is 5.73 Å². The summed E-state index contributed by atoms with van der Waals surface area (Å²) in [6.45, 7) is -0.0971. The maximum atomic E-state index is 12.3. The van der Waals surface area contributed by atoms with Gasteiger partial charge in [0.05, 0.1) is 0 Å². The second-order valence-electron chi connectivity index (χ2n) is 6.26. The minimum absolute atomic E-state index is 0.0124. The molecule has 0 saturated carbocycles. The van der Waals surface area contributed by atoms with Crippen molar-refractivity contribution < 1.29 is 24.2 Å². The number of amides is 2. The normalized spacial score (nSPS) is 17.1. The highest BCUT2D eigenvalue weighted by molar-refractivity contribution is 6.01. The lowest BCUT2D eigenvalue weighted by Gasteiger charge is -2.33. The number of phenols is 1. The minimum atomic E-state index is -0.797. The van der Waals surface area contributed by atoms with Crippen LogP contribution in [0, 0.1) is 0 Å². The van der Waals surface area contributed by atoms with E-state index in [-0.39, 0.29) is 11.3 Å². The number of nitrogens with zero attached hydrogens (tertiary/aromatic N) is 1. The molecular formula is C19H20N2O5. The number of carbonyl (C=O) groups excluding carboxylic acids is 3. The highest BCUT2D eigenvalue weighted by Crippen LogP contribution is 2.29. The Hall–Kier alpha value is -3.09. The number of carbonyl (C=O) groups is 3. The smallest absolute Gasteiger partial charge is 0.342 e.